The maximum absolute atomic E-state index is 5.75. The molecule has 0 radical (unpaired) electrons. The van der Waals surface area contributed by atoms with Crippen LogP contribution in [0.25, 0.3) is 21.5 Å². The lowest BCUT2D eigenvalue weighted by atomic mass is 10.1. The van der Waals surface area contributed by atoms with Gasteiger partial charge in [0.15, 0.2) is 0 Å². The van der Waals surface area contributed by atoms with Crippen molar-refractivity contribution < 1.29 is 0 Å². The number of nitrogens with two attached hydrogens (primary N) is 1. The summed E-state index contributed by atoms with van der Waals surface area (Å²) in [6.45, 7) is 2.52. The molecule has 19 heavy (non-hydrogen) atoms. The topological polar surface area (TPSA) is 51.8 Å². The molecule has 3 rings (SSSR count). The van der Waals surface area contributed by atoms with Crippen molar-refractivity contribution in [2.75, 3.05) is 0 Å². The Labute approximate surface area is 121 Å². The maximum atomic E-state index is 5.75. The van der Waals surface area contributed by atoms with Gasteiger partial charge in [0.1, 0.15) is 0 Å². The lowest BCUT2D eigenvalue weighted by Crippen LogP contribution is -2.00. The quantitative estimate of drug-likeness (QED) is 0.785. The van der Waals surface area contributed by atoms with Gasteiger partial charge < -0.3 is 5.73 Å². The number of halogens is 1. The summed E-state index contributed by atoms with van der Waals surface area (Å²) >= 11 is 1.71. The zero-order valence-electron chi connectivity index (χ0n) is 10.5. The van der Waals surface area contributed by atoms with Crippen molar-refractivity contribution in [3.05, 3.63) is 47.1 Å². The zero-order valence-corrected chi connectivity index (χ0v) is 12.1. The summed E-state index contributed by atoms with van der Waals surface area (Å²) in [5.74, 6) is 0. The number of benzene rings is 1. The number of aromatic nitrogens is 2. The van der Waals surface area contributed by atoms with Crippen molar-refractivity contribution >= 4 is 34.0 Å². The minimum absolute atomic E-state index is 0. The van der Waals surface area contributed by atoms with Gasteiger partial charge in [-0.1, -0.05) is 12.1 Å². The number of fused-ring (bicyclic) bond motifs is 1. The van der Waals surface area contributed by atoms with Crippen molar-refractivity contribution in [1.82, 2.24) is 9.97 Å². The minimum Gasteiger partial charge on any atom is -0.326 e. The molecule has 2 heterocycles. The van der Waals surface area contributed by atoms with Gasteiger partial charge in [-0.25, -0.2) is 4.98 Å². The molecule has 0 saturated carbocycles. The molecule has 0 aliphatic carbocycles. The molecule has 0 atom stereocenters. The number of pyridine rings is 1. The Kier molecular flexibility index (Phi) is 4.14. The third-order valence-corrected chi connectivity index (χ3v) is 3.83. The first-order valence-corrected chi connectivity index (χ1v) is 6.61. The normalized spacial score (nSPS) is 10.4. The molecule has 0 fully saturated rings. The molecule has 0 unspecified atom stereocenters. The van der Waals surface area contributed by atoms with E-state index in [4.69, 9.17) is 5.73 Å². The van der Waals surface area contributed by atoms with Crippen LogP contribution in [0, 0.1) is 6.92 Å². The van der Waals surface area contributed by atoms with Gasteiger partial charge in [-0.15, -0.1) is 23.7 Å². The first-order chi connectivity index (χ1) is 8.78. The second-order valence-electron chi connectivity index (χ2n) is 4.13. The van der Waals surface area contributed by atoms with E-state index in [1.165, 1.54) is 4.70 Å². The standard InChI is InChI=1S/C14H13N3S.ClH/c1-9-17-12-7-10(4-5-13(12)18-9)14-11(8-15)3-2-6-16-14;/h2-7H,8,15H2,1H3;1H. The molecule has 98 valence electrons. The third kappa shape index (κ3) is 2.61. The van der Waals surface area contributed by atoms with E-state index in [-0.39, 0.29) is 12.4 Å². The van der Waals surface area contributed by atoms with Gasteiger partial charge in [0, 0.05) is 18.3 Å². The van der Waals surface area contributed by atoms with Crippen LogP contribution in [0.15, 0.2) is 36.5 Å². The van der Waals surface area contributed by atoms with Crippen LogP contribution >= 0.6 is 23.7 Å². The highest BCUT2D eigenvalue weighted by Gasteiger charge is 2.07. The summed E-state index contributed by atoms with van der Waals surface area (Å²) in [6, 6.07) is 10.2. The van der Waals surface area contributed by atoms with Crippen LogP contribution in [0.5, 0.6) is 0 Å². The van der Waals surface area contributed by atoms with E-state index in [2.05, 4.69) is 28.2 Å². The van der Waals surface area contributed by atoms with E-state index in [0.717, 1.165) is 27.3 Å². The van der Waals surface area contributed by atoms with Crippen LogP contribution in [0.1, 0.15) is 10.6 Å². The Balaban J connectivity index is 0.00000133. The van der Waals surface area contributed by atoms with Gasteiger partial charge in [0.05, 0.1) is 20.9 Å². The second-order valence-corrected chi connectivity index (χ2v) is 5.37. The van der Waals surface area contributed by atoms with Crippen LogP contribution in [0.4, 0.5) is 0 Å². The SMILES string of the molecule is Cc1nc2cc(-c3ncccc3CN)ccc2s1.Cl. The molecule has 3 aromatic rings. The van der Waals surface area contributed by atoms with E-state index in [1.54, 1.807) is 17.5 Å². The number of nitrogens with zero attached hydrogens (tertiary/aromatic N) is 2. The predicted octanol–water partition coefficient (Wildman–Crippen LogP) is 3.55. The molecule has 1 aromatic carbocycles. The van der Waals surface area contributed by atoms with Crippen LogP contribution in [0.2, 0.25) is 0 Å². The van der Waals surface area contributed by atoms with Gasteiger partial charge in [-0.05, 0) is 30.7 Å². The highest BCUT2D eigenvalue weighted by molar-refractivity contribution is 7.18. The van der Waals surface area contributed by atoms with E-state index in [1.807, 2.05) is 19.1 Å². The maximum Gasteiger partial charge on any atom is 0.0907 e. The number of aryl methyl sites for hydroxylation is 1. The van der Waals surface area contributed by atoms with Crippen LogP contribution < -0.4 is 5.73 Å². The van der Waals surface area contributed by atoms with Gasteiger partial charge in [0.2, 0.25) is 0 Å². The van der Waals surface area contributed by atoms with Crippen LogP contribution in [-0.4, -0.2) is 9.97 Å². The largest absolute Gasteiger partial charge is 0.326 e. The van der Waals surface area contributed by atoms with Gasteiger partial charge in [0.25, 0.3) is 0 Å². The Morgan fingerprint density at radius 2 is 2.11 bits per heavy atom. The van der Waals surface area contributed by atoms with E-state index in [9.17, 15) is 0 Å². The minimum atomic E-state index is 0. The molecule has 0 bridgehead atoms. The number of rotatable bonds is 2. The first-order valence-electron chi connectivity index (χ1n) is 5.79. The summed E-state index contributed by atoms with van der Waals surface area (Å²) in [5.41, 5.74) is 9.87. The third-order valence-electron chi connectivity index (χ3n) is 2.88. The molecule has 5 heteroatoms. The van der Waals surface area contributed by atoms with E-state index < -0.39 is 0 Å². The van der Waals surface area contributed by atoms with Crippen molar-refractivity contribution in [2.24, 2.45) is 5.73 Å². The van der Waals surface area contributed by atoms with Gasteiger partial charge in [-0.2, -0.15) is 0 Å². The summed E-state index contributed by atoms with van der Waals surface area (Å²) in [5, 5.41) is 1.09. The Morgan fingerprint density at radius 3 is 2.89 bits per heavy atom. The Hall–Kier alpha value is -1.49. The molecule has 3 nitrogen and oxygen atoms in total. The highest BCUT2D eigenvalue weighted by Crippen LogP contribution is 2.28. The summed E-state index contributed by atoms with van der Waals surface area (Å²) < 4.78 is 1.21. The fourth-order valence-electron chi connectivity index (χ4n) is 2.05. The molecular weight excluding hydrogens is 278 g/mol. The predicted molar refractivity (Wildman–Crippen MR) is 82.7 cm³/mol. The second kappa shape index (κ2) is 5.65. The summed E-state index contributed by atoms with van der Waals surface area (Å²) in [6.07, 6.45) is 1.80. The van der Waals surface area contributed by atoms with E-state index >= 15 is 0 Å². The first kappa shape index (κ1) is 13.9. The molecule has 2 N–H and O–H groups in total. The van der Waals surface area contributed by atoms with Crippen molar-refractivity contribution in [2.45, 2.75) is 13.5 Å². The Bertz CT molecular complexity index is 709. The summed E-state index contributed by atoms with van der Waals surface area (Å²) in [4.78, 5) is 8.94. The Morgan fingerprint density at radius 1 is 1.26 bits per heavy atom. The fraction of sp³-hybridized carbons (Fsp3) is 0.143. The molecular formula is C14H14ClN3S. The summed E-state index contributed by atoms with van der Waals surface area (Å²) in [7, 11) is 0. The van der Waals surface area contributed by atoms with Crippen molar-refractivity contribution in [3.63, 3.8) is 0 Å². The molecule has 0 spiro atoms. The number of hydrogen-bond donors (Lipinski definition) is 1. The number of thiazole rings is 1. The molecule has 0 saturated heterocycles. The monoisotopic (exact) mass is 291 g/mol. The molecule has 0 aliphatic heterocycles. The average molecular weight is 292 g/mol. The number of hydrogen-bond acceptors (Lipinski definition) is 4. The zero-order chi connectivity index (χ0) is 12.5. The van der Waals surface area contributed by atoms with Crippen LogP contribution in [-0.2, 0) is 6.54 Å². The fourth-order valence-corrected chi connectivity index (χ4v) is 2.86. The van der Waals surface area contributed by atoms with E-state index in [0.29, 0.717) is 6.54 Å². The van der Waals surface area contributed by atoms with Gasteiger partial charge >= 0.3 is 0 Å². The van der Waals surface area contributed by atoms with Crippen molar-refractivity contribution in [3.8, 4) is 11.3 Å². The average Bonchev–Trinajstić information content (AvgIpc) is 2.77. The van der Waals surface area contributed by atoms with Gasteiger partial charge in [-0.3, -0.25) is 4.98 Å². The molecule has 0 aliphatic rings. The molecule has 2 aromatic heterocycles. The highest BCUT2D eigenvalue weighted by atomic mass is 35.5. The van der Waals surface area contributed by atoms with Crippen LogP contribution in [0.3, 0.4) is 0 Å². The lowest BCUT2D eigenvalue weighted by Gasteiger charge is -2.06. The molecule has 0 amide bonds. The van der Waals surface area contributed by atoms with Crippen molar-refractivity contribution in [1.29, 1.82) is 0 Å². The lowest BCUT2D eigenvalue weighted by molar-refractivity contribution is 1.05. The smallest absolute Gasteiger partial charge is 0.0907 e.